The average Bonchev–Trinajstić information content (AvgIpc) is 3.32. The van der Waals surface area contributed by atoms with Crippen LogP contribution in [0.1, 0.15) is 28.8 Å². The number of carbonyl (C=O) groups is 1. The highest BCUT2D eigenvalue weighted by Gasteiger charge is 2.28. The van der Waals surface area contributed by atoms with E-state index in [1.54, 1.807) is 23.1 Å². The summed E-state index contributed by atoms with van der Waals surface area (Å²) >= 11 is 20.1. The number of aryl methyl sites for hydroxylation is 1. The fraction of sp³-hybridized carbons (Fsp3) is 0.300. The SMILES string of the molecule is Cc1ccc(Cl)c2sc(N(CC3CCCO3)C(=O)c3ccc(Cl)cc3Cl)nc12. The highest BCUT2D eigenvalue weighted by molar-refractivity contribution is 7.23. The van der Waals surface area contributed by atoms with Crippen molar-refractivity contribution in [1.29, 1.82) is 0 Å². The first kappa shape index (κ1) is 19.9. The number of thiazole rings is 1. The largest absolute Gasteiger partial charge is 0.376 e. The van der Waals surface area contributed by atoms with Crippen molar-refractivity contribution in [2.45, 2.75) is 25.9 Å². The number of rotatable bonds is 4. The van der Waals surface area contributed by atoms with Crippen molar-refractivity contribution in [3.63, 3.8) is 0 Å². The van der Waals surface area contributed by atoms with Crippen molar-refractivity contribution < 1.29 is 9.53 Å². The van der Waals surface area contributed by atoms with Crippen LogP contribution in [0.3, 0.4) is 0 Å². The van der Waals surface area contributed by atoms with Gasteiger partial charge in [-0.3, -0.25) is 9.69 Å². The van der Waals surface area contributed by atoms with Gasteiger partial charge in [0.15, 0.2) is 5.13 Å². The first-order valence-electron chi connectivity index (χ1n) is 8.88. The van der Waals surface area contributed by atoms with Gasteiger partial charge in [0.05, 0.1) is 38.5 Å². The van der Waals surface area contributed by atoms with Gasteiger partial charge in [-0.2, -0.15) is 0 Å². The molecule has 1 atom stereocenters. The van der Waals surface area contributed by atoms with Gasteiger partial charge in [0.25, 0.3) is 5.91 Å². The van der Waals surface area contributed by atoms with Crippen LogP contribution in [0.15, 0.2) is 30.3 Å². The van der Waals surface area contributed by atoms with Crippen LogP contribution in [-0.2, 0) is 4.74 Å². The molecule has 1 aliphatic heterocycles. The number of aromatic nitrogens is 1. The summed E-state index contributed by atoms with van der Waals surface area (Å²) < 4.78 is 6.63. The summed E-state index contributed by atoms with van der Waals surface area (Å²) in [5.74, 6) is -0.231. The predicted molar refractivity (Wildman–Crippen MR) is 116 cm³/mol. The van der Waals surface area contributed by atoms with E-state index < -0.39 is 0 Å². The molecule has 0 spiro atoms. The fourth-order valence-electron chi connectivity index (χ4n) is 3.25. The molecule has 0 bridgehead atoms. The lowest BCUT2D eigenvalue weighted by Gasteiger charge is -2.23. The van der Waals surface area contributed by atoms with Crippen molar-refractivity contribution in [3.8, 4) is 0 Å². The molecule has 2 heterocycles. The Morgan fingerprint density at radius 3 is 2.75 bits per heavy atom. The number of hydrogen-bond acceptors (Lipinski definition) is 4. The molecule has 1 unspecified atom stereocenters. The van der Waals surface area contributed by atoms with Crippen LogP contribution >= 0.6 is 46.1 Å². The van der Waals surface area contributed by atoms with Crippen LogP contribution in [-0.4, -0.2) is 30.1 Å². The third kappa shape index (κ3) is 3.87. The average molecular weight is 456 g/mol. The summed E-state index contributed by atoms with van der Waals surface area (Å²) in [6.07, 6.45) is 1.86. The van der Waals surface area contributed by atoms with E-state index in [2.05, 4.69) is 0 Å². The molecule has 1 saturated heterocycles. The van der Waals surface area contributed by atoms with Gasteiger partial charge in [-0.15, -0.1) is 0 Å². The molecule has 0 N–H and O–H groups in total. The molecule has 1 aromatic heterocycles. The van der Waals surface area contributed by atoms with Crippen molar-refractivity contribution in [2.24, 2.45) is 0 Å². The van der Waals surface area contributed by atoms with Gasteiger partial charge < -0.3 is 4.74 Å². The highest BCUT2D eigenvalue weighted by atomic mass is 35.5. The summed E-state index contributed by atoms with van der Waals surface area (Å²) in [5, 5.41) is 2.00. The summed E-state index contributed by atoms with van der Waals surface area (Å²) in [7, 11) is 0. The van der Waals surface area contributed by atoms with E-state index in [4.69, 9.17) is 44.5 Å². The first-order chi connectivity index (χ1) is 13.4. The van der Waals surface area contributed by atoms with Gasteiger partial charge in [0.2, 0.25) is 0 Å². The molecule has 4 nitrogen and oxygen atoms in total. The van der Waals surface area contributed by atoms with Gasteiger partial charge in [0, 0.05) is 11.6 Å². The maximum atomic E-state index is 13.4. The van der Waals surface area contributed by atoms with E-state index in [9.17, 15) is 4.79 Å². The van der Waals surface area contributed by atoms with Gasteiger partial charge in [-0.1, -0.05) is 52.2 Å². The Kier molecular flexibility index (Phi) is 5.81. The third-order valence-corrected chi connectivity index (χ3v) is 6.82. The summed E-state index contributed by atoms with van der Waals surface area (Å²) in [6.45, 7) is 3.10. The van der Waals surface area contributed by atoms with E-state index in [-0.39, 0.29) is 12.0 Å². The van der Waals surface area contributed by atoms with E-state index in [0.717, 1.165) is 28.6 Å². The van der Waals surface area contributed by atoms with Crippen molar-refractivity contribution in [1.82, 2.24) is 4.98 Å². The van der Waals surface area contributed by atoms with Crippen molar-refractivity contribution in [2.75, 3.05) is 18.1 Å². The minimum Gasteiger partial charge on any atom is -0.376 e. The highest BCUT2D eigenvalue weighted by Crippen LogP contribution is 2.37. The number of nitrogens with zero attached hydrogens (tertiary/aromatic N) is 2. The molecular weight excluding hydrogens is 439 g/mol. The first-order valence-corrected chi connectivity index (χ1v) is 10.8. The van der Waals surface area contributed by atoms with Crippen LogP contribution in [0.4, 0.5) is 5.13 Å². The number of carbonyl (C=O) groups excluding carboxylic acids is 1. The Morgan fingerprint density at radius 2 is 2.07 bits per heavy atom. The number of fused-ring (bicyclic) bond motifs is 1. The molecular formula is C20H17Cl3N2O2S. The van der Waals surface area contributed by atoms with Crippen LogP contribution in [0.5, 0.6) is 0 Å². The molecule has 0 radical (unpaired) electrons. The fourth-order valence-corrected chi connectivity index (χ4v) is 5.07. The van der Waals surface area contributed by atoms with E-state index in [1.165, 1.54) is 11.3 Å². The van der Waals surface area contributed by atoms with E-state index >= 15 is 0 Å². The van der Waals surface area contributed by atoms with Crippen LogP contribution < -0.4 is 4.90 Å². The molecule has 4 rings (SSSR count). The standard InChI is InChI=1S/C20H17Cl3N2O2S/c1-11-4-7-15(22)18-17(11)24-20(28-18)25(10-13-3-2-8-27-13)19(26)14-6-5-12(21)9-16(14)23/h4-7,9,13H,2-3,8,10H2,1H3. The Morgan fingerprint density at radius 1 is 1.25 bits per heavy atom. The minimum atomic E-state index is -0.231. The molecule has 1 aliphatic rings. The number of amides is 1. The maximum Gasteiger partial charge on any atom is 0.261 e. The van der Waals surface area contributed by atoms with Crippen molar-refractivity contribution in [3.05, 3.63) is 56.5 Å². The number of hydrogen-bond donors (Lipinski definition) is 0. The molecule has 146 valence electrons. The quantitative estimate of drug-likeness (QED) is 0.458. The zero-order valence-electron chi connectivity index (χ0n) is 15.0. The molecule has 8 heteroatoms. The second-order valence-corrected chi connectivity index (χ2v) is 8.94. The lowest BCUT2D eigenvalue weighted by Crippen LogP contribution is -2.37. The summed E-state index contributed by atoms with van der Waals surface area (Å²) in [4.78, 5) is 19.8. The topological polar surface area (TPSA) is 42.4 Å². The molecule has 28 heavy (non-hydrogen) atoms. The maximum absolute atomic E-state index is 13.4. The zero-order chi connectivity index (χ0) is 19.8. The normalized spacial score (nSPS) is 16.6. The monoisotopic (exact) mass is 454 g/mol. The molecule has 1 fully saturated rings. The number of anilines is 1. The molecule has 1 amide bonds. The van der Waals surface area contributed by atoms with Gasteiger partial charge in [-0.25, -0.2) is 4.98 Å². The molecule has 0 saturated carbocycles. The Hall–Kier alpha value is -1.37. The summed E-state index contributed by atoms with van der Waals surface area (Å²) in [5.41, 5.74) is 2.20. The smallest absolute Gasteiger partial charge is 0.261 e. The Bertz CT molecular complexity index is 1010. The molecule has 2 aromatic carbocycles. The number of benzene rings is 2. The van der Waals surface area contributed by atoms with Gasteiger partial charge >= 0.3 is 0 Å². The van der Waals surface area contributed by atoms with Crippen molar-refractivity contribution >= 4 is 67.4 Å². The second-order valence-electron chi connectivity index (χ2n) is 6.71. The van der Waals surface area contributed by atoms with Crippen LogP contribution in [0.2, 0.25) is 15.1 Å². The lowest BCUT2D eigenvalue weighted by atomic mass is 10.1. The van der Waals surface area contributed by atoms with Crippen LogP contribution in [0.25, 0.3) is 10.2 Å². The summed E-state index contributed by atoms with van der Waals surface area (Å²) in [6, 6.07) is 8.64. The van der Waals surface area contributed by atoms with E-state index in [0.29, 0.717) is 38.9 Å². The van der Waals surface area contributed by atoms with E-state index in [1.807, 2.05) is 19.1 Å². The predicted octanol–water partition coefficient (Wildman–Crippen LogP) is 6.39. The lowest BCUT2D eigenvalue weighted by molar-refractivity contribution is 0.0917. The molecule has 3 aromatic rings. The Labute approximate surface area is 182 Å². The van der Waals surface area contributed by atoms with Gasteiger partial charge in [0.1, 0.15) is 0 Å². The second kappa shape index (κ2) is 8.17. The Balaban J connectivity index is 1.78. The van der Waals surface area contributed by atoms with Crippen LogP contribution in [0, 0.1) is 6.92 Å². The number of halogens is 3. The minimum absolute atomic E-state index is 0.0291. The number of ether oxygens (including phenoxy) is 1. The molecule has 0 aliphatic carbocycles. The zero-order valence-corrected chi connectivity index (χ0v) is 18.1. The van der Waals surface area contributed by atoms with Gasteiger partial charge in [-0.05, 0) is 49.6 Å². The third-order valence-electron chi connectivity index (χ3n) is 4.73.